The molecular formula is C12H22N4O3S2. The van der Waals surface area contributed by atoms with E-state index in [0.717, 1.165) is 12.2 Å². The van der Waals surface area contributed by atoms with Crippen LogP contribution in [-0.2, 0) is 4.74 Å². The van der Waals surface area contributed by atoms with Crippen LogP contribution in [0.15, 0.2) is 4.99 Å². The van der Waals surface area contributed by atoms with E-state index < -0.39 is 12.1 Å². The number of carbonyl (C=O) groups is 2. The highest BCUT2D eigenvalue weighted by Gasteiger charge is 2.35. The van der Waals surface area contributed by atoms with E-state index >= 15 is 0 Å². The predicted molar refractivity (Wildman–Crippen MR) is 87.2 cm³/mol. The van der Waals surface area contributed by atoms with Gasteiger partial charge in [0, 0.05) is 14.1 Å². The Kier molecular flexibility index (Phi) is 7.33. The van der Waals surface area contributed by atoms with Crippen molar-refractivity contribution in [1.29, 1.82) is 0 Å². The maximum atomic E-state index is 12.0. The van der Waals surface area contributed by atoms with Gasteiger partial charge in [-0.3, -0.25) is 0 Å². The van der Waals surface area contributed by atoms with Crippen LogP contribution >= 0.6 is 23.5 Å². The van der Waals surface area contributed by atoms with Gasteiger partial charge in [0.15, 0.2) is 5.17 Å². The van der Waals surface area contributed by atoms with E-state index in [2.05, 4.69) is 17.3 Å². The van der Waals surface area contributed by atoms with Crippen LogP contribution in [-0.4, -0.2) is 57.9 Å². The second-order valence-corrected chi connectivity index (χ2v) is 7.37. The van der Waals surface area contributed by atoms with Crippen LogP contribution < -0.4 is 5.43 Å². The highest BCUT2D eigenvalue weighted by molar-refractivity contribution is 8.25. The van der Waals surface area contributed by atoms with Gasteiger partial charge in [-0.1, -0.05) is 18.7 Å². The first-order valence-electron chi connectivity index (χ1n) is 6.70. The summed E-state index contributed by atoms with van der Waals surface area (Å²) in [5.41, 5.74) is 3.01. The summed E-state index contributed by atoms with van der Waals surface area (Å²) in [6, 6.07) is -0.414. The van der Waals surface area contributed by atoms with Gasteiger partial charge in [0.1, 0.15) is 4.71 Å². The first kappa shape index (κ1) is 18.1. The highest BCUT2D eigenvalue weighted by atomic mass is 32.2. The van der Waals surface area contributed by atoms with Crippen LogP contribution in [0.4, 0.5) is 9.59 Å². The van der Waals surface area contributed by atoms with Gasteiger partial charge in [0.2, 0.25) is 0 Å². The lowest BCUT2D eigenvalue weighted by molar-refractivity contribution is 0.0864. The SMILES string of the molecule is CCCSC1NN(C(=O)OC(C)C)C(=NC(=O)N(C)C)S1. The van der Waals surface area contributed by atoms with Gasteiger partial charge in [-0.2, -0.15) is 15.4 Å². The fourth-order valence-electron chi connectivity index (χ4n) is 1.27. The van der Waals surface area contributed by atoms with Gasteiger partial charge in [-0.15, -0.1) is 11.8 Å². The monoisotopic (exact) mass is 334 g/mol. The summed E-state index contributed by atoms with van der Waals surface area (Å²) in [5.74, 6) is 0.951. The number of urea groups is 1. The van der Waals surface area contributed by atoms with E-state index in [1.54, 1.807) is 39.7 Å². The van der Waals surface area contributed by atoms with Crippen LogP contribution in [0.1, 0.15) is 27.2 Å². The second-order valence-electron chi connectivity index (χ2n) is 4.79. The Morgan fingerprint density at radius 1 is 1.52 bits per heavy atom. The van der Waals surface area contributed by atoms with Crippen molar-refractivity contribution in [3.8, 4) is 0 Å². The number of aliphatic imine (C=N–C) groups is 1. The third kappa shape index (κ3) is 5.76. The number of thioether (sulfide) groups is 2. The molecule has 21 heavy (non-hydrogen) atoms. The number of carbonyl (C=O) groups excluding carboxylic acids is 2. The molecule has 120 valence electrons. The van der Waals surface area contributed by atoms with Gasteiger partial charge >= 0.3 is 12.1 Å². The molecule has 1 aliphatic heterocycles. The van der Waals surface area contributed by atoms with Crippen molar-refractivity contribution >= 4 is 40.8 Å². The van der Waals surface area contributed by atoms with Crippen molar-refractivity contribution in [3.63, 3.8) is 0 Å². The minimum atomic E-state index is -0.553. The number of hydrazine groups is 1. The average Bonchev–Trinajstić information content (AvgIpc) is 2.78. The Morgan fingerprint density at radius 2 is 2.19 bits per heavy atom. The van der Waals surface area contributed by atoms with E-state index in [1.165, 1.54) is 21.7 Å². The summed E-state index contributed by atoms with van der Waals surface area (Å²) < 4.78 is 5.10. The molecule has 1 unspecified atom stereocenters. The van der Waals surface area contributed by atoms with Crippen molar-refractivity contribution < 1.29 is 14.3 Å². The summed E-state index contributed by atoms with van der Waals surface area (Å²) in [4.78, 5) is 29.1. The van der Waals surface area contributed by atoms with Gasteiger partial charge in [-0.25, -0.2) is 9.59 Å². The summed E-state index contributed by atoms with van der Waals surface area (Å²) in [5, 5.41) is 1.52. The quantitative estimate of drug-likeness (QED) is 0.851. The van der Waals surface area contributed by atoms with E-state index in [9.17, 15) is 9.59 Å². The molecule has 1 saturated heterocycles. The summed E-state index contributed by atoms with van der Waals surface area (Å²) in [6.45, 7) is 5.63. The number of nitrogens with zero attached hydrogens (tertiary/aromatic N) is 3. The molecular weight excluding hydrogens is 312 g/mol. The molecule has 0 saturated carbocycles. The molecule has 9 heteroatoms. The van der Waals surface area contributed by atoms with Crippen LogP contribution in [0.5, 0.6) is 0 Å². The molecule has 1 fully saturated rings. The van der Waals surface area contributed by atoms with E-state index in [1.807, 2.05) is 0 Å². The van der Waals surface area contributed by atoms with Crippen molar-refractivity contribution in [2.45, 2.75) is 38.0 Å². The zero-order valence-electron chi connectivity index (χ0n) is 13.0. The number of amidine groups is 1. The lowest BCUT2D eigenvalue weighted by Gasteiger charge is -2.18. The van der Waals surface area contributed by atoms with Gasteiger partial charge in [0.05, 0.1) is 6.10 Å². The maximum absolute atomic E-state index is 12.0. The van der Waals surface area contributed by atoms with Crippen molar-refractivity contribution in [2.24, 2.45) is 4.99 Å². The van der Waals surface area contributed by atoms with E-state index in [0.29, 0.717) is 5.17 Å². The number of hydrogen-bond donors (Lipinski definition) is 1. The van der Waals surface area contributed by atoms with Crippen LogP contribution in [0, 0.1) is 0 Å². The van der Waals surface area contributed by atoms with Crippen molar-refractivity contribution in [2.75, 3.05) is 19.8 Å². The molecule has 7 nitrogen and oxygen atoms in total. The van der Waals surface area contributed by atoms with Gasteiger partial charge in [-0.05, 0) is 26.0 Å². The Morgan fingerprint density at radius 3 is 2.71 bits per heavy atom. The number of nitrogens with one attached hydrogen (secondary N) is 1. The first-order chi connectivity index (χ1) is 9.85. The topological polar surface area (TPSA) is 74.2 Å². The summed E-state index contributed by atoms with van der Waals surface area (Å²) >= 11 is 3.00. The largest absolute Gasteiger partial charge is 0.445 e. The third-order valence-electron chi connectivity index (χ3n) is 2.20. The normalized spacial score (nSPS) is 20.2. The molecule has 1 aliphatic rings. The molecule has 0 aromatic heterocycles. The number of amides is 3. The fourth-order valence-corrected chi connectivity index (χ4v) is 3.44. The van der Waals surface area contributed by atoms with Crippen LogP contribution in [0.25, 0.3) is 0 Å². The Balaban J connectivity index is 2.83. The van der Waals surface area contributed by atoms with Crippen molar-refractivity contribution in [3.05, 3.63) is 0 Å². The summed E-state index contributed by atoms with van der Waals surface area (Å²) in [6.07, 6.45) is 0.239. The maximum Gasteiger partial charge on any atom is 0.431 e. The van der Waals surface area contributed by atoms with Gasteiger partial charge < -0.3 is 9.64 Å². The molecule has 0 spiro atoms. The number of rotatable bonds is 4. The average molecular weight is 334 g/mol. The minimum absolute atomic E-state index is 0.0571. The summed E-state index contributed by atoms with van der Waals surface area (Å²) in [7, 11) is 3.22. The molecule has 0 aromatic rings. The predicted octanol–water partition coefficient (Wildman–Crippen LogP) is 2.55. The van der Waals surface area contributed by atoms with Crippen LogP contribution in [0.3, 0.4) is 0 Å². The Hall–Kier alpha value is -0.930. The minimum Gasteiger partial charge on any atom is -0.445 e. The highest BCUT2D eigenvalue weighted by Crippen LogP contribution is 2.31. The van der Waals surface area contributed by atoms with Crippen LogP contribution in [0.2, 0.25) is 0 Å². The van der Waals surface area contributed by atoms with Gasteiger partial charge in [0.25, 0.3) is 0 Å². The lowest BCUT2D eigenvalue weighted by atomic mass is 10.5. The second kappa shape index (κ2) is 8.50. The zero-order valence-corrected chi connectivity index (χ0v) is 14.6. The first-order valence-corrected chi connectivity index (χ1v) is 8.63. The molecule has 0 bridgehead atoms. The lowest BCUT2D eigenvalue weighted by Crippen LogP contribution is -2.43. The molecule has 0 aromatic carbocycles. The third-order valence-corrected chi connectivity index (χ3v) is 4.76. The molecule has 3 amide bonds. The molecule has 0 radical (unpaired) electrons. The van der Waals surface area contributed by atoms with E-state index in [4.69, 9.17) is 4.74 Å². The molecule has 1 heterocycles. The molecule has 0 aliphatic carbocycles. The standard InChI is InChI=1S/C12H22N4O3S2/c1-6-7-20-11-14-16(12(18)19-8(2)3)10(21-11)13-9(17)15(4)5/h8,11,14H,6-7H2,1-5H3. The fraction of sp³-hybridized carbons (Fsp3) is 0.750. The number of ether oxygens (including phenoxy) is 1. The Labute approximate surface area is 133 Å². The molecule has 1 rings (SSSR count). The number of hydrogen-bond acceptors (Lipinski definition) is 6. The van der Waals surface area contributed by atoms with Crippen molar-refractivity contribution in [1.82, 2.24) is 15.3 Å². The smallest absolute Gasteiger partial charge is 0.431 e. The van der Waals surface area contributed by atoms with E-state index in [-0.39, 0.29) is 10.8 Å². The Bertz CT molecular complexity index is 415. The molecule has 1 N–H and O–H groups in total. The molecule has 1 atom stereocenters. The zero-order chi connectivity index (χ0) is 16.0.